The number of carbonyl (C=O) groups excluding carboxylic acids is 2. The molecule has 2 aromatic carbocycles. The van der Waals surface area contributed by atoms with Gasteiger partial charge in [-0.2, -0.15) is 0 Å². The lowest BCUT2D eigenvalue weighted by atomic mass is 10.2. The molecule has 28 heavy (non-hydrogen) atoms. The predicted octanol–water partition coefficient (Wildman–Crippen LogP) is 4.92. The number of hydrogen-bond acceptors (Lipinski definition) is 5. The van der Waals surface area contributed by atoms with E-state index < -0.39 is 5.97 Å². The van der Waals surface area contributed by atoms with Gasteiger partial charge < -0.3 is 19.2 Å². The summed E-state index contributed by atoms with van der Waals surface area (Å²) in [4.78, 5) is 24.0. The van der Waals surface area contributed by atoms with Crippen molar-refractivity contribution in [2.75, 3.05) is 19.0 Å². The summed E-state index contributed by atoms with van der Waals surface area (Å²) in [5.74, 6) is 0.184. The molecule has 0 aliphatic rings. The van der Waals surface area contributed by atoms with Gasteiger partial charge in [0.2, 0.25) is 5.91 Å². The number of nitrogens with one attached hydrogen (secondary N) is 1. The second-order valence-electron chi connectivity index (χ2n) is 5.80. The molecule has 1 N–H and O–H groups in total. The number of carbonyl (C=O) groups is 2. The van der Waals surface area contributed by atoms with Gasteiger partial charge in [0.15, 0.2) is 11.3 Å². The van der Waals surface area contributed by atoms with Crippen molar-refractivity contribution in [2.45, 2.75) is 6.92 Å². The molecule has 1 aromatic heterocycles. The van der Waals surface area contributed by atoms with E-state index in [1.807, 2.05) is 0 Å². The predicted molar refractivity (Wildman–Crippen MR) is 108 cm³/mol. The summed E-state index contributed by atoms with van der Waals surface area (Å²) in [5.41, 5.74) is 1.40. The Bertz CT molecular complexity index is 1050. The van der Waals surface area contributed by atoms with Crippen LogP contribution in [0, 0.1) is 0 Å². The average molecular weight is 400 g/mol. The highest BCUT2D eigenvalue weighted by atomic mass is 35.5. The van der Waals surface area contributed by atoms with E-state index in [1.165, 1.54) is 19.3 Å². The monoisotopic (exact) mass is 399 g/mol. The maximum atomic E-state index is 12.2. The fourth-order valence-corrected chi connectivity index (χ4v) is 2.84. The van der Waals surface area contributed by atoms with Gasteiger partial charge in [-0.1, -0.05) is 17.7 Å². The van der Waals surface area contributed by atoms with E-state index in [1.54, 1.807) is 49.4 Å². The van der Waals surface area contributed by atoms with Crippen LogP contribution >= 0.6 is 11.6 Å². The van der Waals surface area contributed by atoms with Crippen molar-refractivity contribution in [3.63, 3.8) is 0 Å². The molecular weight excluding hydrogens is 382 g/mol. The van der Waals surface area contributed by atoms with Crippen LogP contribution in [0.5, 0.6) is 5.75 Å². The van der Waals surface area contributed by atoms with Gasteiger partial charge in [-0.15, -0.1) is 0 Å². The second-order valence-corrected chi connectivity index (χ2v) is 6.24. The molecular formula is C21H18ClNO5. The molecule has 0 saturated heterocycles. The largest absolute Gasteiger partial charge is 0.493 e. The molecule has 0 saturated carbocycles. The normalized spacial score (nSPS) is 11.0. The summed E-state index contributed by atoms with van der Waals surface area (Å²) in [5, 5.41) is 3.99. The molecule has 1 amide bonds. The Morgan fingerprint density at radius 3 is 2.79 bits per heavy atom. The molecule has 0 unspecified atom stereocenters. The summed E-state index contributed by atoms with van der Waals surface area (Å²) >= 11 is 6.05. The van der Waals surface area contributed by atoms with E-state index in [2.05, 4.69) is 5.32 Å². The standard InChI is InChI=1S/C21H18ClNO5/c1-3-27-21(25)13-5-4-6-16(10-13)23-19(24)8-7-17-11-14-9-15(22)12-18(26-2)20(14)28-17/h4-12H,3H2,1-2H3,(H,23,24)/b8-7+. The molecule has 0 radical (unpaired) electrons. The van der Waals surface area contributed by atoms with Gasteiger partial charge in [0.1, 0.15) is 5.76 Å². The third-order valence-corrected chi connectivity index (χ3v) is 4.04. The highest BCUT2D eigenvalue weighted by Gasteiger charge is 2.10. The minimum Gasteiger partial charge on any atom is -0.493 e. The molecule has 0 bridgehead atoms. The first-order valence-corrected chi connectivity index (χ1v) is 8.91. The molecule has 7 heteroatoms. The maximum absolute atomic E-state index is 12.2. The quantitative estimate of drug-likeness (QED) is 0.470. The van der Waals surface area contributed by atoms with Crippen molar-refractivity contribution < 1.29 is 23.5 Å². The third-order valence-electron chi connectivity index (χ3n) is 3.83. The maximum Gasteiger partial charge on any atom is 0.338 e. The van der Waals surface area contributed by atoms with Gasteiger partial charge >= 0.3 is 5.97 Å². The molecule has 0 spiro atoms. The lowest BCUT2D eigenvalue weighted by Crippen LogP contribution is -2.09. The number of amides is 1. The van der Waals surface area contributed by atoms with Gasteiger partial charge in [0, 0.05) is 28.2 Å². The molecule has 144 valence electrons. The average Bonchev–Trinajstić information content (AvgIpc) is 3.09. The molecule has 3 rings (SSSR count). The Morgan fingerprint density at radius 2 is 2.04 bits per heavy atom. The number of esters is 1. The molecule has 1 heterocycles. The molecule has 0 aliphatic carbocycles. The molecule has 3 aromatic rings. The van der Waals surface area contributed by atoms with Crippen molar-refractivity contribution in [2.24, 2.45) is 0 Å². The minimum absolute atomic E-state index is 0.283. The van der Waals surface area contributed by atoms with Crippen LogP contribution in [0.1, 0.15) is 23.0 Å². The van der Waals surface area contributed by atoms with E-state index in [-0.39, 0.29) is 12.5 Å². The Morgan fingerprint density at radius 1 is 1.21 bits per heavy atom. The summed E-state index contributed by atoms with van der Waals surface area (Å²) in [6, 6.07) is 11.7. The van der Waals surface area contributed by atoms with E-state index >= 15 is 0 Å². The Kier molecular flexibility index (Phi) is 6.01. The van der Waals surface area contributed by atoms with Crippen molar-refractivity contribution in [3.05, 3.63) is 64.9 Å². The van der Waals surface area contributed by atoms with Crippen LogP contribution in [0.2, 0.25) is 5.02 Å². The fourth-order valence-electron chi connectivity index (χ4n) is 2.62. The number of benzene rings is 2. The summed E-state index contributed by atoms with van der Waals surface area (Å²) < 4.78 is 15.9. The van der Waals surface area contributed by atoms with E-state index in [0.717, 1.165) is 5.39 Å². The van der Waals surface area contributed by atoms with Crippen LogP contribution in [-0.4, -0.2) is 25.6 Å². The minimum atomic E-state index is -0.441. The number of ether oxygens (including phenoxy) is 2. The Hall–Kier alpha value is -3.25. The van der Waals surface area contributed by atoms with E-state index in [0.29, 0.717) is 33.4 Å². The number of rotatable bonds is 6. The Balaban J connectivity index is 1.73. The number of fused-ring (bicyclic) bond motifs is 1. The topological polar surface area (TPSA) is 77.8 Å². The van der Waals surface area contributed by atoms with Crippen LogP contribution in [0.15, 0.2) is 53.0 Å². The van der Waals surface area contributed by atoms with Gasteiger partial charge in [-0.05, 0) is 43.3 Å². The SMILES string of the molecule is CCOC(=O)c1cccc(NC(=O)/C=C/c2cc3cc(Cl)cc(OC)c3o2)c1. The van der Waals surface area contributed by atoms with Gasteiger partial charge in [0.25, 0.3) is 0 Å². The zero-order valence-corrected chi connectivity index (χ0v) is 16.1. The summed E-state index contributed by atoms with van der Waals surface area (Å²) in [6.07, 6.45) is 2.88. The van der Waals surface area contributed by atoms with Gasteiger partial charge in [-0.3, -0.25) is 4.79 Å². The Labute approximate surface area is 166 Å². The molecule has 6 nitrogen and oxygen atoms in total. The second kappa shape index (κ2) is 8.63. The highest BCUT2D eigenvalue weighted by molar-refractivity contribution is 6.31. The number of anilines is 1. The van der Waals surface area contributed by atoms with Crippen LogP contribution in [0.4, 0.5) is 5.69 Å². The van der Waals surface area contributed by atoms with Gasteiger partial charge in [0.05, 0.1) is 19.3 Å². The first-order chi connectivity index (χ1) is 13.5. The highest BCUT2D eigenvalue weighted by Crippen LogP contribution is 2.32. The summed E-state index contributed by atoms with van der Waals surface area (Å²) in [6.45, 7) is 2.02. The van der Waals surface area contributed by atoms with Crippen molar-refractivity contribution >= 4 is 46.2 Å². The fraction of sp³-hybridized carbons (Fsp3) is 0.143. The first kappa shape index (κ1) is 19.5. The van der Waals surface area contributed by atoms with Crippen LogP contribution < -0.4 is 10.1 Å². The van der Waals surface area contributed by atoms with Crippen molar-refractivity contribution in [1.82, 2.24) is 0 Å². The van der Waals surface area contributed by atoms with Crippen LogP contribution in [0.25, 0.3) is 17.0 Å². The van der Waals surface area contributed by atoms with E-state index in [4.69, 9.17) is 25.5 Å². The van der Waals surface area contributed by atoms with E-state index in [9.17, 15) is 9.59 Å². The number of hydrogen-bond donors (Lipinski definition) is 1. The van der Waals surface area contributed by atoms with Gasteiger partial charge in [-0.25, -0.2) is 4.79 Å². The number of methoxy groups -OCH3 is 1. The lowest BCUT2D eigenvalue weighted by molar-refractivity contribution is -0.111. The summed E-state index contributed by atoms with van der Waals surface area (Å²) in [7, 11) is 1.53. The smallest absolute Gasteiger partial charge is 0.338 e. The molecule has 0 aliphatic heterocycles. The zero-order chi connectivity index (χ0) is 20.1. The zero-order valence-electron chi connectivity index (χ0n) is 15.3. The first-order valence-electron chi connectivity index (χ1n) is 8.53. The lowest BCUT2D eigenvalue weighted by Gasteiger charge is -2.05. The van der Waals surface area contributed by atoms with Crippen molar-refractivity contribution in [1.29, 1.82) is 0 Å². The molecule has 0 fully saturated rings. The molecule has 0 atom stereocenters. The van der Waals surface area contributed by atoms with Crippen LogP contribution in [0.3, 0.4) is 0 Å². The van der Waals surface area contributed by atoms with Crippen LogP contribution in [-0.2, 0) is 9.53 Å². The third kappa shape index (κ3) is 4.53. The van der Waals surface area contributed by atoms with Crippen molar-refractivity contribution in [3.8, 4) is 5.75 Å². The number of halogens is 1. The number of furan rings is 1.